The molecule has 1 heterocycles. The molecule has 1 aliphatic heterocycles. The molecule has 1 saturated heterocycles. The first-order valence-electron chi connectivity index (χ1n) is 8.84. The van der Waals surface area contributed by atoms with Crippen molar-refractivity contribution in [2.75, 3.05) is 33.3 Å². The lowest BCUT2D eigenvalue weighted by Gasteiger charge is -2.34. The van der Waals surface area contributed by atoms with Gasteiger partial charge >= 0.3 is 0 Å². The summed E-state index contributed by atoms with van der Waals surface area (Å²) in [6.07, 6.45) is 2.29. The summed E-state index contributed by atoms with van der Waals surface area (Å²) in [6, 6.07) is 10.1. The third-order valence-corrected chi connectivity index (χ3v) is 4.28. The average molecular weight is 333 g/mol. The van der Waals surface area contributed by atoms with E-state index in [-0.39, 0.29) is 11.7 Å². The van der Waals surface area contributed by atoms with Crippen molar-refractivity contribution in [2.24, 2.45) is 4.99 Å². The van der Waals surface area contributed by atoms with Crippen molar-refractivity contribution in [1.82, 2.24) is 10.2 Å². The number of guanidine groups is 1. The number of benzene rings is 1. The normalized spacial score (nSPS) is 17.0. The van der Waals surface area contributed by atoms with Gasteiger partial charge in [0, 0.05) is 39.6 Å². The summed E-state index contributed by atoms with van der Waals surface area (Å²) in [5.74, 6) is 1.93. The van der Waals surface area contributed by atoms with E-state index in [1.165, 1.54) is 0 Å². The molecule has 0 aliphatic carbocycles. The van der Waals surface area contributed by atoms with Crippen LogP contribution in [0.3, 0.4) is 0 Å². The molecule has 0 saturated carbocycles. The molecule has 0 amide bonds. The first-order chi connectivity index (χ1) is 11.5. The molecule has 24 heavy (non-hydrogen) atoms. The highest BCUT2D eigenvalue weighted by molar-refractivity contribution is 5.80. The highest BCUT2D eigenvalue weighted by Gasteiger charge is 2.23. The van der Waals surface area contributed by atoms with Crippen LogP contribution in [0.5, 0.6) is 5.75 Å². The van der Waals surface area contributed by atoms with Gasteiger partial charge < -0.3 is 19.7 Å². The van der Waals surface area contributed by atoms with Crippen LogP contribution in [0.4, 0.5) is 0 Å². The number of hydrogen-bond acceptors (Lipinski definition) is 3. The number of hydrogen-bond donors (Lipinski definition) is 1. The molecular formula is C19H31N3O2. The molecule has 2 rings (SSSR count). The fourth-order valence-electron chi connectivity index (χ4n) is 2.63. The molecule has 1 fully saturated rings. The van der Waals surface area contributed by atoms with Crippen molar-refractivity contribution in [3.05, 3.63) is 30.3 Å². The Bertz CT molecular complexity index is 509. The van der Waals surface area contributed by atoms with E-state index < -0.39 is 0 Å². The Morgan fingerprint density at radius 1 is 1.25 bits per heavy atom. The van der Waals surface area contributed by atoms with E-state index in [2.05, 4.69) is 31.0 Å². The predicted molar refractivity (Wildman–Crippen MR) is 98.7 cm³/mol. The molecule has 5 heteroatoms. The summed E-state index contributed by atoms with van der Waals surface area (Å²) in [5, 5.41) is 3.39. The van der Waals surface area contributed by atoms with Gasteiger partial charge in [0.25, 0.3) is 0 Å². The van der Waals surface area contributed by atoms with Crippen LogP contribution in [0.15, 0.2) is 35.3 Å². The maximum atomic E-state index is 6.07. The zero-order chi connectivity index (χ0) is 17.4. The number of ether oxygens (including phenoxy) is 2. The van der Waals surface area contributed by atoms with Gasteiger partial charge in [-0.1, -0.05) is 18.2 Å². The van der Waals surface area contributed by atoms with Gasteiger partial charge in [-0.05, 0) is 32.9 Å². The minimum absolute atomic E-state index is 0.241. The van der Waals surface area contributed by atoms with Gasteiger partial charge in [0.1, 0.15) is 11.9 Å². The topological polar surface area (TPSA) is 46.1 Å². The van der Waals surface area contributed by atoms with Gasteiger partial charge in [-0.3, -0.25) is 4.99 Å². The molecule has 0 aromatic heterocycles. The first-order valence-corrected chi connectivity index (χ1v) is 8.84. The monoisotopic (exact) mass is 333 g/mol. The molecule has 134 valence electrons. The number of nitrogens with one attached hydrogen (secondary N) is 1. The van der Waals surface area contributed by atoms with E-state index in [4.69, 9.17) is 14.5 Å². The number of nitrogens with zero attached hydrogens (tertiary/aromatic N) is 2. The smallest absolute Gasteiger partial charge is 0.194 e. The lowest BCUT2D eigenvalue weighted by atomic mass is 10.1. The maximum Gasteiger partial charge on any atom is 0.194 e. The van der Waals surface area contributed by atoms with Crippen LogP contribution in [0, 0.1) is 0 Å². The lowest BCUT2D eigenvalue weighted by Crippen LogP contribution is -2.48. The molecule has 1 aliphatic rings. The quantitative estimate of drug-likeness (QED) is 0.642. The van der Waals surface area contributed by atoms with Crippen molar-refractivity contribution in [3.63, 3.8) is 0 Å². The molecule has 0 bridgehead atoms. The van der Waals surface area contributed by atoms with Gasteiger partial charge in [0.15, 0.2) is 5.96 Å². The molecule has 0 atom stereocenters. The summed E-state index contributed by atoms with van der Waals surface area (Å²) in [7, 11) is 1.73. The SMILES string of the molecule is CCNC(=NCC(C)(C)OC)N1CCC(Oc2ccccc2)CC1. The van der Waals surface area contributed by atoms with Crippen LogP contribution in [0.1, 0.15) is 33.6 Å². The molecule has 1 aromatic carbocycles. The average Bonchev–Trinajstić information content (AvgIpc) is 2.60. The van der Waals surface area contributed by atoms with Crippen LogP contribution < -0.4 is 10.1 Å². The zero-order valence-electron chi connectivity index (χ0n) is 15.4. The molecule has 0 radical (unpaired) electrons. The Morgan fingerprint density at radius 3 is 2.50 bits per heavy atom. The molecular weight excluding hydrogens is 302 g/mol. The second-order valence-electron chi connectivity index (χ2n) is 6.75. The number of likely N-dealkylation sites (tertiary alicyclic amines) is 1. The van der Waals surface area contributed by atoms with Gasteiger partial charge in [-0.15, -0.1) is 0 Å². The number of methoxy groups -OCH3 is 1. The number of para-hydroxylation sites is 1. The zero-order valence-corrected chi connectivity index (χ0v) is 15.4. The summed E-state index contributed by atoms with van der Waals surface area (Å²) in [6.45, 7) is 9.63. The van der Waals surface area contributed by atoms with Gasteiger partial charge in [0.05, 0.1) is 12.1 Å². The molecule has 5 nitrogen and oxygen atoms in total. The Balaban J connectivity index is 1.89. The van der Waals surface area contributed by atoms with Gasteiger partial charge in [0.2, 0.25) is 0 Å². The third-order valence-electron chi connectivity index (χ3n) is 4.28. The fraction of sp³-hybridized carbons (Fsp3) is 0.632. The standard InChI is InChI=1S/C19H31N3O2/c1-5-20-18(21-15-19(2,3)23-4)22-13-11-17(12-14-22)24-16-9-7-6-8-10-16/h6-10,17H,5,11-15H2,1-4H3,(H,20,21). The maximum absolute atomic E-state index is 6.07. The number of rotatable bonds is 6. The summed E-state index contributed by atoms with van der Waals surface area (Å²) < 4.78 is 11.5. The van der Waals surface area contributed by atoms with Gasteiger partial charge in [-0.25, -0.2) is 0 Å². The minimum atomic E-state index is -0.241. The van der Waals surface area contributed by atoms with E-state index in [9.17, 15) is 0 Å². The van der Waals surface area contributed by atoms with Crippen molar-refractivity contribution in [3.8, 4) is 5.75 Å². The molecule has 1 aromatic rings. The Kier molecular flexibility index (Phi) is 6.91. The van der Waals surface area contributed by atoms with Crippen LogP contribution in [0.25, 0.3) is 0 Å². The van der Waals surface area contributed by atoms with E-state index in [1.807, 2.05) is 30.3 Å². The third kappa shape index (κ3) is 5.71. The number of piperidine rings is 1. The van der Waals surface area contributed by atoms with Crippen molar-refractivity contribution < 1.29 is 9.47 Å². The Hall–Kier alpha value is -1.75. The van der Waals surface area contributed by atoms with Crippen LogP contribution in [-0.4, -0.2) is 55.9 Å². The predicted octanol–water partition coefficient (Wildman–Crippen LogP) is 2.92. The first kappa shape index (κ1) is 18.6. The van der Waals surface area contributed by atoms with E-state index in [0.717, 1.165) is 44.2 Å². The molecule has 0 spiro atoms. The van der Waals surface area contributed by atoms with Crippen LogP contribution in [-0.2, 0) is 4.74 Å². The Labute approximate surface area is 146 Å². The molecule has 0 unspecified atom stereocenters. The highest BCUT2D eigenvalue weighted by Crippen LogP contribution is 2.19. The highest BCUT2D eigenvalue weighted by atomic mass is 16.5. The van der Waals surface area contributed by atoms with Crippen LogP contribution in [0.2, 0.25) is 0 Å². The fourth-order valence-corrected chi connectivity index (χ4v) is 2.63. The van der Waals surface area contributed by atoms with Crippen molar-refractivity contribution in [1.29, 1.82) is 0 Å². The number of aliphatic imine (C=N–C) groups is 1. The van der Waals surface area contributed by atoms with E-state index >= 15 is 0 Å². The summed E-state index contributed by atoms with van der Waals surface area (Å²) >= 11 is 0. The second kappa shape index (κ2) is 8.92. The second-order valence-corrected chi connectivity index (χ2v) is 6.75. The minimum Gasteiger partial charge on any atom is -0.490 e. The lowest BCUT2D eigenvalue weighted by molar-refractivity contribution is 0.0307. The van der Waals surface area contributed by atoms with E-state index in [0.29, 0.717) is 6.54 Å². The summed E-state index contributed by atoms with van der Waals surface area (Å²) in [5.41, 5.74) is -0.241. The Morgan fingerprint density at radius 2 is 1.92 bits per heavy atom. The van der Waals surface area contributed by atoms with E-state index in [1.54, 1.807) is 7.11 Å². The van der Waals surface area contributed by atoms with Crippen molar-refractivity contribution >= 4 is 5.96 Å². The van der Waals surface area contributed by atoms with Crippen molar-refractivity contribution in [2.45, 2.75) is 45.3 Å². The van der Waals surface area contributed by atoms with Crippen LogP contribution >= 0.6 is 0 Å². The van der Waals surface area contributed by atoms with Gasteiger partial charge in [-0.2, -0.15) is 0 Å². The largest absolute Gasteiger partial charge is 0.490 e. The molecule has 1 N–H and O–H groups in total. The summed E-state index contributed by atoms with van der Waals surface area (Å²) in [4.78, 5) is 7.07.